The Balaban J connectivity index is 2.01. The van der Waals surface area contributed by atoms with Gasteiger partial charge in [-0.1, -0.05) is 19.1 Å². The fourth-order valence-electron chi connectivity index (χ4n) is 3.01. The van der Waals surface area contributed by atoms with Crippen LogP contribution in [0, 0.1) is 0 Å². The molecule has 0 aliphatic carbocycles. The number of nitrogens with zero attached hydrogens (tertiary/aromatic N) is 3. The number of H-pyrrole nitrogens is 1. The van der Waals surface area contributed by atoms with Gasteiger partial charge in [0.1, 0.15) is 17.1 Å². The molecule has 3 aromatic rings. The van der Waals surface area contributed by atoms with Gasteiger partial charge in [-0.3, -0.25) is 9.48 Å². The van der Waals surface area contributed by atoms with E-state index < -0.39 is 0 Å². The van der Waals surface area contributed by atoms with Gasteiger partial charge in [0.2, 0.25) is 0 Å². The average Bonchev–Trinajstić information content (AvgIpc) is 3.11. The van der Waals surface area contributed by atoms with Gasteiger partial charge in [-0.05, 0) is 18.1 Å². The summed E-state index contributed by atoms with van der Waals surface area (Å²) in [6, 6.07) is 5.94. The minimum Gasteiger partial charge on any atom is -0.492 e. The van der Waals surface area contributed by atoms with Crippen LogP contribution in [0.2, 0.25) is 0 Å². The molecule has 0 amide bonds. The lowest BCUT2D eigenvalue weighted by molar-refractivity contribution is 0.358. The zero-order chi connectivity index (χ0) is 15.3. The van der Waals surface area contributed by atoms with Crippen LogP contribution in [0.3, 0.4) is 0 Å². The van der Waals surface area contributed by atoms with Gasteiger partial charge in [-0.15, -0.1) is 0 Å². The van der Waals surface area contributed by atoms with Gasteiger partial charge in [-0.25, -0.2) is 4.98 Å². The highest BCUT2D eigenvalue weighted by molar-refractivity contribution is 5.80. The van der Waals surface area contributed by atoms with Gasteiger partial charge in [0.05, 0.1) is 17.9 Å². The third-order valence-corrected chi connectivity index (χ3v) is 4.07. The minimum absolute atomic E-state index is 0.176. The number of para-hydroxylation sites is 1. The van der Waals surface area contributed by atoms with E-state index in [2.05, 4.69) is 15.1 Å². The van der Waals surface area contributed by atoms with Gasteiger partial charge in [0.25, 0.3) is 5.56 Å². The largest absolute Gasteiger partial charge is 0.492 e. The molecule has 0 fully saturated rings. The zero-order valence-electron chi connectivity index (χ0n) is 12.5. The van der Waals surface area contributed by atoms with E-state index in [1.807, 2.05) is 25.1 Å². The number of aromatic amines is 1. The van der Waals surface area contributed by atoms with E-state index in [0.717, 1.165) is 35.4 Å². The smallest absolute Gasteiger partial charge is 0.277 e. The molecule has 6 nitrogen and oxygen atoms in total. The van der Waals surface area contributed by atoms with Crippen LogP contribution in [0.25, 0.3) is 22.4 Å². The molecule has 0 saturated heterocycles. The van der Waals surface area contributed by atoms with E-state index in [9.17, 15) is 4.79 Å². The van der Waals surface area contributed by atoms with Gasteiger partial charge in [0.15, 0.2) is 5.52 Å². The Kier molecular flexibility index (Phi) is 2.79. The lowest BCUT2D eigenvalue weighted by atomic mass is 10.1. The summed E-state index contributed by atoms with van der Waals surface area (Å²) in [5.74, 6) is 1.37. The van der Waals surface area contributed by atoms with Crippen molar-refractivity contribution >= 4 is 11.0 Å². The summed E-state index contributed by atoms with van der Waals surface area (Å²) >= 11 is 0. The number of aryl methyl sites for hydroxylation is 2. The number of nitrogens with one attached hydrogen (secondary N) is 1. The molecule has 1 aliphatic rings. The van der Waals surface area contributed by atoms with Crippen LogP contribution in [0.1, 0.15) is 18.2 Å². The third-order valence-electron chi connectivity index (χ3n) is 4.07. The normalized spacial score (nSPS) is 13.4. The topological polar surface area (TPSA) is 72.8 Å². The summed E-state index contributed by atoms with van der Waals surface area (Å²) in [5.41, 5.74) is 3.82. The summed E-state index contributed by atoms with van der Waals surface area (Å²) < 4.78 is 7.31. The maximum atomic E-state index is 12.4. The van der Waals surface area contributed by atoms with E-state index in [4.69, 9.17) is 4.74 Å². The number of benzene rings is 1. The lowest BCUT2D eigenvalue weighted by Crippen LogP contribution is -2.12. The van der Waals surface area contributed by atoms with Crippen LogP contribution < -0.4 is 10.3 Å². The molecule has 0 radical (unpaired) electrons. The summed E-state index contributed by atoms with van der Waals surface area (Å²) in [6.07, 6.45) is 1.62. The molecule has 1 aliphatic heterocycles. The predicted molar refractivity (Wildman–Crippen MR) is 83.1 cm³/mol. The Morgan fingerprint density at radius 3 is 3.09 bits per heavy atom. The molecule has 3 heterocycles. The second-order valence-electron chi connectivity index (χ2n) is 5.43. The molecule has 0 unspecified atom stereocenters. The van der Waals surface area contributed by atoms with E-state index in [-0.39, 0.29) is 5.56 Å². The van der Waals surface area contributed by atoms with Gasteiger partial charge in [-0.2, -0.15) is 5.10 Å². The predicted octanol–water partition coefficient (Wildman–Crippen LogP) is 1.82. The number of hydrogen-bond donors (Lipinski definition) is 1. The van der Waals surface area contributed by atoms with Crippen LogP contribution in [-0.2, 0) is 19.9 Å². The second-order valence-corrected chi connectivity index (χ2v) is 5.43. The third kappa shape index (κ3) is 1.76. The standard InChI is InChI=1S/C16H16N4O2/c1-3-11-12-13(20(2)19-11)16(21)18-15(17-12)10-6-4-5-9-7-8-22-14(9)10/h4-6H,3,7-8H2,1-2H3,(H,17,18,21). The first-order valence-electron chi connectivity index (χ1n) is 7.40. The monoisotopic (exact) mass is 296 g/mol. The summed E-state index contributed by atoms with van der Waals surface area (Å²) in [5, 5.41) is 4.38. The van der Waals surface area contributed by atoms with Crippen molar-refractivity contribution in [2.45, 2.75) is 19.8 Å². The van der Waals surface area contributed by atoms with Crippen LogP contribution in [0.4, 0.5) is 0 Å². The second kappa shape index (κ2) is 4.69. The number of hydrogen-bond acceptors (Lipinski definition) is 4. The van der Waals surface area contributed by atoms with Crippen molar-refractivity contribution in [2.75, 3.05) is 6.61 Å². The highest BCUT2D eigenvalue weighted by atomic mass is 16.5. The molecule has 2 aromatic heterocycles. The van der Waals surface area contributed by atoms with Crippen LogP contribution in [0.5, 0.6) is 5.75 Å². The maximum absolute atomic E-state index is 12.4. The molecule has 112 valence electrons. The highest BCUT2D eigenvalue weighted by Crippen LogP contribution is 2.35. The van der Waals surface area contributed by atoms with Crippen molar-refractivity contribution < 1.29 is 4.74 Å². The fourth-order valence-corrected chi connectivity index (χ4v) is 3.01. The van der Waals surface area contributed by atoms with Crippen LogP contribution >= 0.6 is 0 Å². The minimum atomic E-state index is -0.176. The maximum Gasteiger partial charge on any atom is 0.277 e. The van der Waals surface area contributed by atoms with Crippen LogP contribution in [0.15, 0.2) is 23.0 Å². The highest BCUT2D eigenvalue weighted by Gasteiger charge is 2.20. The van der Waals surface area contributed by atoms with Gasteiger partial charge in [0, 0.05) is 13.5 Å². The first-order valence-corrected chi connectivity index (χ1v) is 7.40. The molecule has 22 heavy (non-hydrogen) atoms. The van der Waals surface area contributed by atoms with Crippen molar-refractivity contribution in [3.05, 3.63) is 39.8 Å². The Morgan fingerprint density at radius 2 is 2.27 bits per heavy atom. The number of rotatable bonds is 2. The molecule has 1 aromatic carbocycles. The Hall–Kier alpha value is -2.63. The van der Waals surface area contributed by atoms with Gasteiger partial charge >= 0.3 is 0 Å². The Morgan fingerprint density at radius 1 is 1.41 bits per heavy atom. The molecule has 0 bridgehead atoms. The van der Waals surface area contributed by atoms with E-state index in [0.29, 0.717) is 23.5 Å². The van der Waals surface area contributed by atoms with Crippen LogP contribution in [-0.4, -0.2) is 26.4 Å². The number of aromatic nitrogens is 4. The number of fused-ring (bicyclic) bond motifs is 2. The van der Waals surface area contributed by atoms with Crippen molar-refractivity contribution in [1.82, 2.24) is 19.7 Å². The Bertz CT molecular complexity index is 939. The SMILES string of the molecule is CCc1nn(C)c2c(=O)[nH]c(-c3cccc4c3OCC4)nc12. The van der Waals surface area contributed by atoms with Gasteiger partial charge < -0.3 is 9.72 Å². The van der Waals surface area contributed by atoms with Crippen molar-refractivity contribution in [3.63, 3.8) is 0 Å². The van der Waals surface area contributed by atoms with Crippen molar-refractivity contribution in [1.29, 1.82) is 0 Å². The Labute approximate surface area is 126 Å². The molecule has 1 N–H and O–H groups in total. The molecular formula is C16H16N4O2. The van der Waals surface area contributed by atoms with E-state index in [1.165, 1.54) is 0 Å². The van der Waals surface area contributed by atoms with E-state index in [1.54, 1.807) is 11.7 Å². The van der Waals surface area contributed by atoms with Crippen molar-refractivity contribution in [3.8, 4) is 17.1 Å². The zero-order valence-corrected chi connectivity index (χ0v) is 12.5. The summed E-state index contributed by atoms with van der Waals surface area (Å²) in [6.45, 7) is 2.68. The first kappa shape index (κ1) is 13.1. The first-order chi connectivity index (χ1) is 10.7. The number of ether oxygens (including phenoxy) is 1. The fraction of sp³-hybridized carbons (Fsp3) is 0.312. The quantitative estimate of drug-likeness (QED) is 0.783. The molecule has 4 rings (SSSR count). The molecular weight excluding hydrogens is 280 g/mol. The van der Waals surface area contributed by atoms with Crippen molar-refractivity contribution in [2.24, 2.45) is 7.05 Å². The van der Waals surface area contributed by atoms with E-state index >= 15 is 0 Å². The average molecular weight is 296 g/mol. The molecule has 0 atom stereocenters. The molecule has 0 spiro atoms. The summed E-state index contributed by atoms with van der Waals surface area (Å²) in [7, 11) is 1.77. The lowest BCUT2D eigenvalue weighted by Gasteiger charge is -2.07. The molecule has 6 heteroatoms. The molecule has 0 saturated carbocycles. The summed E-state index contributed by atoms with van der Waals surface area (Å²) in [4.78, 5) is 19.9.